The lowest BCUT2D eigenvalue weighted by Gasteiger charge is -2.15. The molecule has 0 radical (unpaired) electrons. The molecule has 0 fully saturated rings. The van der Waals surface area contributed by atoms with Crippen LogP contribution in [0, 0.1) is 0 Å². The molecular formula is C19H24O. The third-order valence-electron chi connectivity index (χ3n) is 3.93. The van der Waals surface area contributed by atoms with Gasteiger partial charge in [0, 0.05) is 11.5 Å². The zero-order valence-electron chi connectivity index (χ0n) is 12.5. The van der Waals surface area contributed by atoms with Gasteiger partial charge in [-0.1, -0.05) is 69.2 Å². The monoisotopic (exact) mass is 268 g/mol. The molecular weight excluding hydrogens is 244 g/mol. The first kappa shape index (κ1) is 14.6. The van der Waals surface area contributed by atoms with Gasteiger partial charge < -0.3 is 5.11 Å². The SMILES string of the molecule is CCCCCc1ccc(O)c(C(C)c2ccccc2)c1. The molecule has 1 unspecified atom stereocenters. The van der Waals surface area contributed by atoms with E-state index in [0.29, 0.717) is 5.75 Å². The fourth-order valence-corrected chi connectivity index (χ4v) is 2.61. The van der Waals surface area contributed by atoms with E-state index in [2.05, 4.69) is 32.0 Å². The number of rotatable bonds is 6. The number of aromatic hydroxyl groups is 1. The van der Waals surface area contributed by atoms with E-state index in [0.717, 1.165) is 12.0 Å². The highest BCUT2D eigenvalue weighted by Crippen LogP contribution is 2.31. The average Bonchev–Trinajstić information content (AvgIpc) is 2.49. The molecule has 0 amide bonds. The molecule has 1 atom stereocenters. The van der Waals surface area contributed by atoms with Crippen molar-refractivity contribution >= 4 is 0 Å². The van der Waals surface area contributed by atoms with Crippen LogP contribution in [0.15, 0.2) is 48.5 Å². The second kappa shape index (κ2) is 7.14. The quantitative estimate of drug-likeness (QED) is 0.707. The number of aryl methyl sites for hydroxylation is 1. The summed E-state index contributed by atoms with van der Waals surface area (Å²) in [5.74, 6) is 0.628. The molecule has 1 N–H and O–H groups in total. The molecule has 0 heterocycles. The molecule has 0 saturated heterocycles. The van der Waals surface area contributed by atoms with Crippen LogP contribution >= 0.6 is 0 Å². The van der Waals surface area contributed by atoms with Crippen molar-refractivity contribution in [3.8, 4) is 5.75 Å². The Morgan fingerprint density at radius 2 is 1.75 bits per heavy atom. The summed E-state index contributed by atoms with van der Waals surface area (Å²) in [7, 11) is 0. The molecule has 2 aromatic carbocycles. The van der Waals surface area contributed by atoms with Gasteiger partial charge in [-0.05, 0) is 30.0 Å². The average molecular weight is 268 g/mol. The highest BCUT2D eigenvalue weighted by molar-refractivity contribution is 5.43. The zero-order valence-corrected chi connectivity index (χ0v) is 12.5. The second-order valence-electron chi connectivity index (χ2n) is 5.48. The minimum atomic E-state index is 0.224. The van der Waals surface area contributed by atoms with Crippen LogP contribution < -0.4 is 0 Å². The summed E-state index contributed by atoms with van der Waals surface area (Å²) in [4.78, 5) is 0. The van der Waals surface area contributed by atoms with Crippen LogP contribution in [0.5, 0.6) is 5.75 Å². The molecule has 0 aliphatic heterocycles. The lowest BCUT2D eigenvalue weighted by Crippen LogP contribution is -1.98. The smallest absolute Gasteiger partial charge is 0.119 e. The lowest BCUT2D eigenvalue weighted by atomic mass is 9.90. The maximum atomic E-state index is 10.1. The number of benzene rings is 2. The van der Waals surface area contributed by atoms with E-state index in [1.807, 2.05) is 30.3 Å². The number of hydrogen-bond donors (Lipinski definition) is 1. The van der Waals surface area contributed by atoms with Crippen molar-refractivity contribution < 1.29 is 5.11 Å². The summed E-state index contributed by atoms with van der Waals surface area (Å²) < 4.78 is 0. The van der Waals surface area contributed by atoms with Gasteiger partial charge in [0.1, 0.15) is 5.75 Å². The normalized spacial score (nSPS) is 12.3. The van der Waals surface area contributed by atoms with Gasteiger partial charge in [0.15, 0.2) is 0 Å². The Morgan fingerprint density at radius 3 is 2.45 bits per heavy atom. The molecule has 2 aromatic rings. The van der Waals surface area contributed by atoms with Gasteiger partial charge in [-0.3, -0.25) is 0 Å². The van der Waals surface area contributed by atoms with Crippen molar-refractivity contribution in [2.75, 3.05) is 0 Å². The molecule has 0 saturated carbocycles. The third kappa shape index (κ3) is 3.63. The van der Waals surface area contributed by atoms with Crippen LogP contribution in [-0.2, 0) is 6.42 Å². The first-order chi connectivity index (χ1) is 9.72. The van der Waals surface area contributed by atoms with Crippen LogP contribution in [0.2, 0.25) is 0 Å². The molecule has 0 spiro atoms. The lowest BCUT2D eigenvalue weighted by molar-refractivity contribution is 0.465. The van der Waals surface area contributed by atoms with Gasteiger partial charge in [-0.15, -0.1) is 0 Å². The minimum Gasteiger partial charge on any atom is -0.508 e. The van der Waals surface area contributed by atoms with Crippen molar-refractivity contribution in [2.24, 2.45) is 0 Å². The molecule has 1 heteroatoms. The summed E-state index contributed by atoms with van der Waals surface area (Å²) in [6, 6.07) is 16.4. The molecule has 0 aliphatic rings. The Morgan fingerprint density at radius 1 is 1.00 bits per heavy atom. The molecule has 0 aromatic heterocycles. The first-order valence-electron chi connectivity index (χ1n) is 7.59. The van der Waals surface area contributed by atoms with Gasteiger partial charge >= 0.3 is 0 Å². The predicted molar refractivity (Wildman–Crippen MR) is 85.3 cm³/mol. The Labute approximate surface area is 122 Å². The summed E-state index contributed by atoms with van der Waals surface area (Å²) in [6.45, 7) is 4.37. The summed E-state index contributed by atoms with van der Waals surface area (Å²) in [5.41, 5.74) is 3.60. The Balaban J connectivity index is 2.20. The van der Waals surface area contributed by atoms with Crippen LogP contribution in [0.3, 0.4) is 0 Å². The summed E-state index contributed by atoms with van der Waals surface area (Å²) in [6.07, 6.45) is 4.83. The Hall–Kier alpha value is -1.76. The van der Waals surface area contributed by atoms with Crippen molar-refractivity contribution in [1.82, 2.24) is 0 Å². The summed E-state index contributed by atoms with van der Waals surface area (Å²) in [5, 5.41) is 10.1. The molecule has 106 valence electrons. The molecule has 20 heavy (non-hydrogen) atoms. The van der Waals surface area contributed by atoms with E-state index >= 15 is 0 Å². The van der Waals surface area contributed by atoms with Gasteiger partial charge in [-0.2, -0.15) is 0 Å². The van der Waals surface area contributed by atoms with E-state index in [1.165, 1.54) is 30.4 Å². The van der Waals surface area contributed by atoms with E-state index < -0.39 is 0 Å². The molecule has 0 bridgehead atoms. The van der Waals surface area contributed by atoms with Crippen LogP contribution in [-0.4, -0.2) is 5.11 Å². The van der Waals surface area contributed by atoms with Crippen LogP contribution in [0.25, 0.3) is 0 Å². The number of unbranched alkanes of at least 4 members (excludes halogenated alkanes) is 2. The fraction of sp³-hybridized carbons (Fsp3) is 0.368. The van der Waals surface area contributed by atoms with E-state index in [9.17, 15) is 5.11 Å². The van der Waals surface area contributed by atoms with E-state index in [4.69, 9.17) is 0 Å². The largest absolute Gasteiger partial charge is 0.508 e. The van der Waals surface area contributed by atoms with Gasteiger partial charge in [-0.25, -0.2) is 0 Å². The third-order valence-corrected chi connectivity index (χ3v) is 3.93. The minimum absolute atomic E-state index is 0.224. The summed E-state index contributed by atoms with van der Waals surface area (Å²) >= 11 is 0. The first-order valence-corrected chi connectivity index (χ1v) is 7.59. The number of phenols is 1. The van der Waals surface area contributed by atoms with Gasteiger partial charge in [0.05, 0.1) is 0 Å². The van der Waals surface area contributed by atoms with Crippen LogP contribution in [0.1, 0.15) is 55.7 Å². The highest BCUT2D eigenvalue weighted by Gasteiger charge is 2.13. The predicted octanol–water partition coefficient (Wildman–Crippen LogP) is 5.28. The maximum absolute atomic E-state index is 10.1. The number of phenolic OH excluding ortho intramolecular Hbond substituents is 1. The van der Waals surface area contributed by atoms with Crippen molar-refractivity contribution in [2.45, 2.75) is 45.4 Å². The van der Waals surface area contributed by atoms with Crippen molar-refractivity contribution in [1.29, 1.82) is 0 Å². The van der Waals surface area contributed by atoms with Gasteiger partial charge in [0.2, 0.25) is 0 Å². The van der Waals surface area contributed by atoms with Crippen molar-refractivity contribution in [3.05, 3.63) is 65.2 Å². The fourth-order valence-electron chi connectivity index (χ4n) is 2.61. The molecule has 2 rings (SSSR count). The Bertz CT molecular complexity index is 531. The topological polar surface area (TPSA) is 20.2 Å². The second-order valence-corrected chi connectivity index (χ2v) is 5.48. The number of hydrogen-bond acceptors (Lipinski definition) is 1. The molecule has 1 nitrogen and oxygen atoms in total. The van der Waals surface area contributed by atoms with Crippen LogP contribution in [0.4, 0.5) is 0 Å². The van der Waals surface area contributed by atoms with E-state index in [1.54, 1.807) is 0 Å². The maximum Gasteiger partial charge on any atom is 0.119 e. The zero-order chi connectivity index (χ0) is 14.4. The van der Waals surface area contributed by atoms with Gasteiger partial charge in [0.25, 0.3) is 0 Å². The highest BCUT2D eigenvalue weighted by atomic mass is 16.3. The van der Waals surface area contributed by atoms with E-state index in [-0.39, 0.29) is 5.92 Å². The molecule has 0 aliphatic carbocycles. The Kier molecular flexibility index (Phi) is 5.23. The standard InChI is InChI=1S/C19H24O/c1-3-4-6-9-16-12-13-19(20)18(14-16)15(2)17-10-7-5-8-11-17/h5,7-8,10-15,20H,3-4,6,9H2,1-2H3. The van der Waals surface area contributed by atoms with Crippen molar-refractivity contribution in [3.63, 3.8) is 0 Å².